The minimum atomic E-state index is -0.590. The summed E-state index contributed by atoms with van der Waals surface area (Å²) < 4.78 is 1.61. The molecule has 0 radical (unpaired) electrons. The Labute approximate surface area is 170 Å². The van der Waals surface area contributed by atoms with Crippen LogP contribution in [0.1, 0.15) is 29.6 Å². The van der Waals surface area contributed by atoms with Crippen molar-refractivity contribution in [2.24, 2.45) is 0 Å². The summed E-state index contributed by atoms with van der Waals surface area (Å²) >= 11 is 0. The van der Waals surface area contributed by atoms with Gasteiger partial charge in [-0.2, -0.15) is 0 Å². The van der Waals surface area contributed by atoms with E-state index in [4.69, 9.17) is 5.11 Å². The van der Waals surface area contributed by atoms with Crippen molar-refractivity contribution >= 4 is 11.8 Å². The second-order valence-electron chi connectivity index (χ2n) is 7.27. The molecule has 0 saturated carbocycles. The first kappa shape index (κ1) is 20.9. The summed E-state index contributed by atoms with van der Waals surface area (Å²) in [6.07, 6.45) is 5.10. The third kappa shape index (κ3) is 5.61. The molecule has 3 rings (SSSR count). The molecule has 1 aromatic carbocycles. The SMILES string of the molecule is CN1CCN(C(=O)[C@H](CCCCO)NC(=O)c2ccc(-n3ccnn3)cc2)CC1. The molecule has 2 aromatic rings. The topological polar surface area (TPSA) is 104 Å². The number of benzene rings is 1. The van der Waals surface area contributed by atoms with E-state index < -0.39 is 6.04 Å². The Bertz CT molecular complexity index is 785. The van der Waals surface area contributed by atoms with E-state index in [0.717, 1.165) is 18.8 Å². The van der Waals surface area contributed by atoms with Crippen LogP contribution in [0.4, 0.5) is 0 Å². The molecule has 0 unspecified atom stereocenters. The van der Waals surface area contributed by atoms with Crippen LogP contribution < -0.4 is 5.32 Å². The Balaban J connectivity index is 1.65. The van der Waals surface area contributed by atoms with E-state index in [1.165, 1.54) is 0 Å². The van der Waals surface area contributed by atoms with E-state index in [1.807, 2.05) is 11.9 Å². The van der Waals surface area contributed by atoms with Gasteiger partial charge in [-0.1, -0.05) is 5.21 Å². The fourth-order valence-electron chi connectivity index (χ4n) is 3.32. The summed E-state index contributed by atoms with van der Waals surface area (Å²) in [5.74, 6) is -0.338. The van der Waals surface area contributed by atoms with Crippen molar-refractivity contribution in [3.8, 4) is 5.69 Å². The highest BCUT2D eigenvalue weighted by atomic mass is 16.3. The number of hydrogen-bond acceptors (Lipinski definition) is 6. The number of amides is 2. The number of carbonyl (C=O) groups is 2. The van der Waals surface area contributed by atoms with Crippen LogP contribution >= 0.6 is 0 Å². The van der Waals surface area contributed by atoms with Gasteiger partial charge in [-0.15, -0.1) is 5.10 Å². The fourth-order valence-corrected chi connectivity index (χ4v) is 3.32. The van der Waals surface area contributed by atoms with Gasteiger partial charge in [0.1, 0.15) is 6.04 Å². The minimum absolute atomic E-state index is 0.0522. The molecule has 156 valence electrons. The van der Waals surface area contributed by atoms with Crippen LogP contribution in [-0.2, 0) is 4.79 Å². The van der Waals surface area contributed by atoms with Gasteiger partial charge >= 0.3 is 0 Å². The lowest BCUT2D eigenvalue weighted by molar-refractivity contribution is -0.135. The summed E-state index contributed by atoms with van der Waals surface area (Å²) in [4.78, 5) is 29.7. The average molecular weight is 400 g/mol. The van der Waals surface area contributed by atoms with E-state index in [0.29, 0.717) is 37.9 Å². The molecule has 1 fully saturated rings. The lowest BCUT2D eigenvalue weighted by atomic mass is 10.1. The molecule has 1 atom stereocenters. The average Bonchev–Trinajstić information content (AvgIpc) is 3.28. The molecule has 0 spiro atoms. The first-order valence-corrected chi connectivity index (χ1v) is 9.94. The predicted octanol–water partition coefficient (Wildman–Crippen LogP) is 0.302. The van der Waals surface area contributed by atoms with Crippen molar-refractivity contribution in [1.29, 1.82) is 0 Å². The third-order valence-electron chi connectivity index (χ3n) is 5.14. The number of rotatable bonds is 8. The Kier molecular flexibility index (Phi) is 7.31. The fraction of sp³-hybridized carbons (Fsp3) is 0.500. The van der Waals surface area contributed by atoms with Gasteiger partial charge in [0, 0.05) is 38.3 Å². The lowest BCUT2D eigenvalue weighted by Gasteiger charge is -2.34. The predicted molar refractivity (Wildman–Crippen MR) is 108 cm³/mol. The van der Waals surface area contributed by atoms with Gasteiger partial charge in [0.2, 0.25) is 5.91 Å². The molecule has 0 aliphatic carbocycles. The molecule has 2 heterocycles. The van der Waals surface area contributed by atoms with Gasteiger partial charge in [-0.05, 0) is 50.6 Å². The van der Waals surface area contributed by atoms with Gasteiger partial charge in [0.05, 0.1) is 18.1 Å². The summed E-state index contributed by atoms with van der Waals surface area (Å²) in [7, 11) is 2.03. The van der Waals surface area contributed by atoms with Crippen LogP contribution in [0.3, 0.4) is 0 Å². The van der Waals surface area contributed by atoms with Crippen molar-refractivity contribution in [3.63, 3.8) is 0 Å². The van der Waals surface area contributed by atoms with E-state index in [-0.39, 0.29) is 18.4 Å². The van der Waals surface area contributed by atoms with E-state index in [1.54, 1.807) is 41.3 Å². The second kappa shape index (κ2) is 10.1. The highest BCUT2D eigenvalue weighted by Gasteiger charge is 2.27. The zero-order valence-corrected chi connectivity index (χ0v) is 16.7. The first-order chi connectivity index (χ1) is 14.1. The van der Waals surface area contributed by atoms with Crippen molar-refractivity contribution in [2.75, 3.05) is 39.8 Å². The van der Waals surface area contributed by atoms with Crippen molar-refractivity contribution in [3.05, 3.63) is 42.2 Å². The second-order valence-corrected chi connectivity index (χ2v) is 7.27. The molecule has 1 saturated heterocycles. The molecular formula is C20H28N6O3. The lowest BCUT2D eigenvalue weighted by Crippen LogP contribution is -2.54. The standard InChI is InChI=1S/C20H28N6O3/c1-24-11-13-25(14-12-24)20(29)18(4-2-3-15-27)22-19(28)16-5-7-17(8-6-16)26-10-9-21-23-26/h5-10,18,27H,2-4,11-15H2,1H3,(H,22,28)/t18-/m0/s1. The third-order valence-corrected chi connectivity index (χ3v) is 5.14. The molecule has 1 aliphatic heterocycles. The van der Waals surface area contributed by atoms with Crippen LogP contribution in [-0.4, -0.2) is 87.6 Å². The van der Waals surface area contributed by atoms with Gasteiger partial charge in [-0.25, -0.2) is 4.68 Å². The smallest absolute Gasteiger partial charge is 0.251 e. The Morgan fingerprint density at radius 1 is 1.14 bits per heavy atom. The molecule has 2 N–H and O–H groups in total. The maximum atomic E-state index is 13.0. The minimum Gasteiger partial charge on any atom is -0.396 e. The van der Waals surface area contributed by atoms with E-state index in [2.05, 4.69) is 20.5 Å². The Morgan fingerprint density at radius 2 is 1.86 bits per heavy atom. The molecule has 9 heteroatoms. The van der Waals surface area contributed by atoms with Crippen LogP contribution in [0.5, 0.6) is 0 Å². The first-order valence-electron chi connectivity index (χ1n) is 9.94. The number of carbonyl (C=O) groups excluding carboxylic acids is 2. The number of hydrogen-bond donors (Lipinski definition) is 2. The highest BCUT2D eigenvalue weighted by molar-refractivity contribution is 5.97. The van der Waals surface area contributed by atoms with Crippen molar-refractivity contribution in [2.45, 2.75) is 25.3 Å². The molecule has 29 heavy (non-hydrogen) atoms. The largest absolute Gasteiger partial charge is 0.396 e. The summed E-state index contributed by atoms with van der Waals surface area (Å²) in [6.45, 7) is 3.05. The van der Waals surface area contributed by atoms with Crippen LogP contribution in [0, 0.1) is 0 Å². The maximum absolute atomic E-state index is 13.0. The van der Waals surface area contributed by atoms with Crippen molar-refractivity contribution < 1.29 is 14.7 Å². The molecule has 2 amide bonds. The molecule has 1 aromatic heterocycles. The molecular weight excluding hydrogens is 372 g/mol. The van der Waals surface area contributed by atoms with Gasteiger partial charge in [-0.3, -0.25) is 9.59 Å². The van der Waals surface area contributed by atoms with Gasteiger partial charge in [0.15, 0.2) is 0 Å². The van der Waals surface area contributed by atoms with Crippen LogP contribution in [0.15, 0.2) is 36.7 Å². The van der Waals surface area contributed by atoms with Crippen LogP contribution in [0.25, 0.3) is 5.69 Å². The summed E-state index contributed by atoms with van der Waals surface area (Å²) in [6, 6.07) is 6.39. The van der Waals surface area contributed by atoms with E-state index in [9.17, 15) is 9.59 Å². The zero-order valence-electron chi connectivity index (χ0n) is 16.7. The highest BCUT2D eigenvalue weighted by Crippen LogP contribution is 2.11. The Hall–Kier alpha value is -2.78. The van der Waals surface area contributed by atoms with Gasteiger partial charge < -0.3 is 20.2 Å². The summed E-state index contributed by atoms with van der Waals surface area (Å²) in [5, 5.41) is 19.6. The van der Waals surface area contributed by atoms with Gasteiger partial charge in [0.25, 0.3) is 5.91 Å². The van der Waals surface area contributed by atoms with Crippen LogP contribution in [0.2, 0.25) is 0 Å². The quantitative estimate of drug-likeness (QED) is 0.618. The molecule has 1 aliphatic rings. The molecule has 9 nitrogen and oxygen atoms in total. The number of piperazine rings is 1. The number of unbranched alkanes of at least 4 members (excludes halogenated alkanes) is 1. The maximum Gasteiger partial charge on any atom is 0.251 e. The number of aliphatic hydroxyl groups is 1. The van der Waals surface area contributed by atoms with Crippen molar-refractivity contribution in [1.82, 2.24) is 30.1 Å². The monoisotopic (exact) mass is 400 g/mol. The number of likely N-dealkylation sites (N-methyl/N-ethyl adjacent to an activating group) is 1. The summed E-state index contributed by atoms with van der Waals surface area (Å²) in [5.41, 5.74) is 1.28. The molecule has 0 bridgehead atoms. The zero-order chi connectivity index (χ0) is 20.6. The number of nitrogens with zero attached hydrogens (tertiary/aromatic N) is 5. The number of aliphatic hydroxyl groups excluding tert-OH is 1. The van der Waals surface area contributed by atoms with E-state index >= 15 is 0 Å². The number of aromatic nitrogens is 3. The number of nitrogens with one attached hydrogen (secondary N) is 1. The normalized spacial score (nSPS) is 15.9. The Morgan fingerprint density at radius 3 is 2.48 bits per heavy atom.